The molecule has 0 radical (unpaired) electrons. The van der Waals surface area contributed by atoms with E-state index in [0.717, 1.165) is 25.3 Å². The van der Waals surface area contributed by atoms with E-state index in [1.807, 2.05) is 0 Å². The lowest BCUT2D eigenvalue weighted by atomic mass is 9.89. The van der Waals surface area contributed by atoms with Crippen LogP contribution < -0.4 is 5.32 Å². The summed E-state index contributed by atoms with van der Waals surface area (Å²) in [6.07, 6.45) is 3.47. The van der Waals surface area contributed by atoms with Gasteiger partial charge in [-0.25, -0.2) is 0 Å². The first-order valence-electron chi connectivity index (χ1n) is 6.27. The minimum Gasteiger partial charge on any atom is -0.396 e. The Bertz CT molecular complexity index is 157. The summed E-state index contributed by atoms with van der Waals surface area (Å²) >= 11 is 0. The second-order valence-corrected chi connectivity index (χ2v) is 5.55. The van der Waals surface area contributed by atoms with Crippen molar-refractivity contribution < 1.29 is 5.11 Å². The molecule has 0 aliphatic rings. The molecule has 0 aliphatic carbocycles. The Morgan fingerprint density at radius 1 is 1.27 bits per heavy atom. The third kappa shape index (κ3) is 6.91. The number of aliphatic hydroxyl groups excluding tert-OH is 1. The summed E-state index contributed by atoms with van der Waals surface area (Å²) in [7, 11) is 0. The average Bonchev–Trinajstić information content (AvgIpc) is 2.22. The molecule has 2 nitrogen and oxygen atoms in total. The third-order valence-corrected chi connectivity index (χ3v) is 3.42. The van der Waals surface area contributed by atoms with Crippen molar-refractivity contribution in [1.29, 1.82) is 0 Å². The number of hydrogen-bond acceptors (Lipinski definition) is 2. The van der Waals surface area contributed by atoms with Crippen LogP contribution in [0.3, 0.4) is 0 Å². The van der Waals surface area contributed by atoms with Crippen LogP contribution in [0.5, 0.6) is 0 Å². The third-order valence-electron chi connectivity index (χ3n) is 3.42. The number of hydrogen-bond donors (Lipinski definition) is 2. The lowest BCUT2D eigenvalue weighted by Gasteiger charge is -2.23. The molecule has 0 amide bonds. The highest BCUT2D eigenvalue weighted by molar-refractivity contribution is 4.70. The molecular weight excluding hydrogens is 186 g/mol. The average molecular weight is 215 g/mol. The smallest absolute Gasteiger partial charge is 0.0482 e. The van der Waals surface area contributed by atoms with Crippen molar-refractivity contribution in [3.05, 3.63) is 0 Å². The Hall–Kier alpha value is -0.0800. The molecule has 2 atom stereocenters. The predicted molar refractivity (Wildman–Crippen MR) is 67.0 cm³/mol. The molecule has 0 saturated carbocycles. The Morgan fingerprint density at radius 3 is 2.33 bits per heavy atom. The van der Waals surface area contributed by atoms with Gasteiger partial charge in [-0.1, -0.05) is 34.1 Å². The van der Waals surface area contributed by atoms with E-state index >= 15 is 0 Å². The second-order valence-electron chi connectivity index (χ2n) is 5.55. The molecule has 0 heterocycles. The fraction of sp³-hybridized carbons (Fsp3) is 1.00. The summed E-state index contributed by atoms with van der Waals surface area (Å²) in [4.78, 5) is 0. The Morgan fingerprint density at radius 2 is 1.87 bits per heavy atom. The van der Waals surface area contributed by atoms with Crippen LogP contribution in [0, 0.1) is 11.3 Å². The first kappa shape index (κ1) is 14.9. The van der Waals surface area contributed by atoms with Gasteiger partial charge in [0.1, 0.15) is 0 Å². The number of aliphatic hydroxyl groups is 1. The highest BCUT2D eigenvalue weighted by atomic mass is 16.3. The van der Waals surface area contributed by atoms with Gasteiger partial charge >= 0.3 is 0 Å². The maximum absolute atomic E-state index is 9.11. The molecule has 92 valence electrons. The Kier molecular flexibility index (Phi) is 7.20. The molecule has 0 spiro atoms. The summed E-state index contributed by atoms with van der Waals surface area (Å²) in [6, 6.07) is 0.604. The highest BCUT2D eigenvalue weighted by Gasteiger charge is 2.16. The van der Waals surface area contributed by atoms with E-state index in [1.165, 1.54) is 6.42 Å². The number of rotatable bonds is 8. The molecule has 0 bridgehead atoms. The van der Waals surface area contributed by atoms with E-state index in [1.54, 1.807) is 0 Å². The molecule has 0 saturated heterocycles. The van der Waals surface area contributed by atoms with Crippen LogP contribution in [0.15, 0.2) is 0 Å². The summed E-state index contributed by atoms with van der Waals surface area (Å²) in [5.74, 6) is 0.746. The van der Waals surface area contributed by atoms with Gasteiger partial charge in [-0.05, 0) is 37.6 Å². The van der Waals surface area contributed by atoms with Gasteiger partial charge in [0.05, 0.1) is 0 Å². The topological polar surface area (TPSA) is 32.3 Å². The molecule has 0 aromatic rings. The lowest BCUT2D eigenvalue weighted by molar-refractivity contribution is 0.147. The molecule has 0 rings (SSSR count). The minimum atomic E-state index is 0.0846. The SMILES string of the molecule is CCC(C)C(C)NCCCC(C)(C)CO. The largest absolute Gasteiger partial charge is 0.396 e. The van der Waals surface area contributed by atoms with E-state index in [4.69, 9.17) is 5.11 Å². The van der Waals surface area contributed by atoms with Gasteiger partial charge in [-0.2, -0.15) is 0 Å². The van der Waals surface area contributed by atoms with E-state index in [0.29, 0.717) is 6.04 Å². The first-order chi connectivity index (χ1) is 6.93. The van der Waals surface area contributed by atoms with E-state index in [2.05, 4.69) is 39.9 Å². The van der Waals surface area contributed by atoms with Crippen molar-refractivity contribution in [1.82, 2.24) is 5.32 Å². The number of nitrogens with one attached hydrogen (secondary N) is 1. The van der Waals surface area contributed by atoms with Gasteiger partial charge in [0.25, 0.3) is 0 Å². The highest BCUT2D eigenvalue weighted by Crippen LogP contribution is 2.20. The molecular formula is C13H29NO. The maximum atomic E-state index is 9.11. The summed E-state index contributed by atoms with van der Waals surface area (Å²) in [5, 5.41) is 12.7. The van der Waals surface area contributed by atoms with Gasteiger partial charge in [0, 0.05) is 12.6 Å². The predicted octanol–water partition coefficient (Wildman–Crippen LogP) is 2.81. The van der Waals surface area contributed by atoms with E-state index in [9.17, 15) is 0 Å². The van der Waals surface area contributed by atoms with Crippen LogP contribution >= 0.6 is 0 Å². The van der Waals surface area contributed by atoms with Crippen molar-refractivity contribution in [3.63, 3.8) is 0 Å². The molecule has 0 aromatic carbocycles. The molecule has 2 heteroatoms. The summed E-state index contributed by atoms with van der Waals surface area (Å²) in [6.45, 7) is 12.4. The zero-order valence-corrected chi connectivity index (χ0v) is 11.1. The fourth-order valence-electron chi connectivity index (χ4n) is 1.53. The molecule has 0 aromatic heterocycles. The maximum Gasteiger partial charge on any atom is 0.0482 e. The van der Waals surface area contributed by atoms with Crippen molar-refractivity contribution in [2.24, 2.45) is 11.3 Å². The van der Waals surface area contributed by atoms with Crippen LogP contribution in [0.25, 0.3) is 0 Å². The van der Waals surface area contributed by atoms with Crippen LogP contribution in [0.4, 0.5) is 0 Å². The quantitative estimate of drug-likeness (QED) is 0.610. The van der Waals surface area contributed by atoms with Crippen LogP contribution in [-0.4, -0.2) is 24.3 Å². The van der Waals surface area contributed by atoms with Crippen molar-refractivity contribution in [3.8, 4) is 0 Å². The van der Waals surface area contributed by atoms with Crippen molar-refractivity contribution >= 4 is 0 Å². The molecule has 15 heavy (non-hydrogen) atoms. The van der Waals surface area contributed by atoms with Gasteiger partial charge in [0.2, 0.25) is 0 Å². The van der Waals surface area contributed by atoms with Crippen molar-refractivity contribution in [2.45, 2.75) is 59.9 Å². The van der Waals surface area contributed by atoms with Crippen molar-refractivity contribution in [2.75, 3.05) is 13.2 Å². The molecule has 2 N–H and O–H groups in total. The zero-order chi connectivity index (χ0) is 11.9. The monoisotopic (exact) mass is 215 g/mol. The van der Waals surface area contributed by atoms with Gasteiger partial charge in [-0.3, -0.25) is 0 Å². The van der Waals surface area contributed by atoms with E-state index in [-0.39, 0.29) is 12.0 Å². The van der Waals surface area contributed by atoms with Crippen LogP contribution in [0.2, 0.25) is 0 Å². The zero-order valence-electron chi connectivity index (χ0n) is 11.1. The van der Waals surface area contributed by atoms with Gasteiger partial charge in [-0.15, -0.1) is 0 Å². The minimum absolute atomic E-state index is 0.0846. The molecule has 0 aliphatic heterocycles. The first-order valence-corrected chi connectivity index (χ1v) is 6.27. The Balaban J connectivity index is 3.54. The Labute approximate surface area is 95.5 Å². The summed E-state index contributed by atoms with van der Waals surface area (Å²) in [5.41, 5.74) is 0.0846. The standard InChI is InChI=1S/C13H29NO/c1-6-11(2)12(3)14-9-7-8-13(4,5)10-15/h11-12,14-15H,6-10H2,1-5H3. The van der Waals surface area contributed by atoms with Crippen LogP contribution in [0.1, 0.15) is 53.9 Å². The lowest BCUT2D eigenvalue weighted by Crippen LogP contribution is -2.33. The normalized spacial score (nSPS) is 16.4. The molecule has 2 unspecified atom stereocenters. The molecule has 0 fully saturated rings. The second kappa shape index (κ2) is 7.24. The van der Waals surface area contributed by atoms with Gasteiger partial charge < -0.3 is 10.4 Å². The van der Waals surface area contributed by atoms with Crippen LogP contribution in [-0.2, 0) is 0 Å². The fourth-order valence-corrected chi connectivity index (χ4v) is 1.53. The summed E-state index contributed by atoms with van der Waals surface area (Å²) < 4.78 is 0. The van der Waals surface area contributed by atoms with E-state index < -0.39 is 0 Å². The van der Waals surface area contributed by atoms with Gasteiger partial charge in [0.15, 0.2) is 0 Å².